The molecule has 0 N–H and O–H groups in total. The SMILES string of the molecule is N#Cc1ccc([N+](=O)[O-])c(N2CCN(S(=O)(=O)/C=C/c3ccccc3)CC2)c1. The van der Waals surface area contributed by atoms with Gasteiger partial charge in [0.2, 0.25) is 10.0 Å². The Labute approximate surface area is 163 Å². The third-order valence-corrected chi connectivity index (χ3v) is 6.04. The first-order chi connectivity index (χ1) is 13.4. The second-order valence-electron chi connectivity index (χ2n) is 6.22. The van der Waals surface area contributed by atoms with E-state index in [1.165, 1.54) is 27.9 Å². The van der Waals surface area contributed by atoms with Crippen LogP contribution in [0.15, 0.2) is 53.9 Å². The number of sulfonamides is 1. The predicted octanol–water partition coefficient (Wildman–Crippen LogP) is 2.59. The first-order valence-corrected chi connectivity index (χ1v) is 10.1. The average molecular weight is 398 g/mol. The lowest BCUT2D eigenvalue weighted by Crippen LogP contribution is -2.48. The summed E-state index contributed by atoms with van der Waals surface area (Å²) in [7, 11) is -3.59. The topological polar surface area (TPSA) is 108 Å². The highest BCUT2D eigenvalue weighted by molar-refractivity contribution is 7.92. The van der Waals surface area contributed by atoms with Gasteiger partial charge in [0.15, 0.2) is 0 Å². The van der Waals surface area contributed by atoms with Gasteiger partial charge in [-0.1, -0.05) is 30.3 Å². The minimum Gasteiger partial charge on any atom is -0.363 e. The zero-order chi connectivity index (χ0) is 20.1. The molecule has 1 fully saturated rings. The van der Waals surface area contributed by atoms with Crippen molar-refractivity contribution in [2.45, 2.75) is 0 Å². The van der Waals surface area contributed by atoms with Gasteiger partial charge in [-0.3, -0.25) is 10.1 Å². The number of nitriles is 1. The standard InChI is InChI=1S/C19H18N4O4S/c20-15-17-6-7-18(23(24)25)19(14-17)21-9-11-22(12-10-21)28(26,27)13-8-16-4-2-1-3-5-16/h1-8,13-14H,9-12H2/b13-8+. The molecule has 1 saturated heterocycles. The van der Waals surface area contributed by atoms with Gasteiger partial charge in [0.25, 0.3) is 5.69 Å². The van der Waals surface area contributed by atoms with Crippen LogP contribution >= 0.6 is 0 Å². The van der Waals surface area contributed by atoms with Crippen LogP contribution in [0.3, 0.4) is 0 Å². The van der Waals surface area contributed by atoms with E-state index in [0.717, 1.165) is 5.56 Å². The van der Waals surface area contributed by atoms with Crippen molar-refractivity contribution < 1.29 is 13.3 Å². The highest BCUT2D eigenvalue weighted by Gasteiger charge is 2.28. The summed E-state index contributed by atoms with van der Waals surface area (Å²) in [6, 6.07) is 15.3. The number of nitro groups is 1. The molecule has 8 nitrogen and oxygen atoms in total. The summed E-state index contributed by atoms with van der Waals surface area (Å²) in [5, 5.41) is 21.5. The second kappa shape index (κ2) is 8.21. The summed E-state index contributed by atoms with van der Waals surface area (Å²) in [5.41, 5.74) is 1.34. The molecule has 0 spiro atoms. The largest absolute Gasteiger partial charge is 0.363 e. The van der Waals surface area contributed by atoms with Crippen molar-refractivity contribution in [1.29, 1.82) is 5.26 Å². The molecule has 1 heterocycles. The molecule has 2 aromatic rings. The van der Waals surface area contributed by atoms with Crippen LogP contribution in [0.2, 0.25) is 0 Å². The van der Waals surface area contributed by atoms with E-state index in [4.69, 9.17) is 5.26 Å². The van der Waals surface area contributed by atoms with E-state index in [9.17, 15) is 18.5 Å². The zero-order valence-electron chi connectivity index (χ0n) is 14.9. The molecule has 0 unspecified atom stereocenters. The van der Waals surface area contributed by atoms with Gasteiger partial charge in [-0.25, -0.2) is 8.42 Å². The van der Waals surface area contributed by atoms with E-state index < -0.39 is 14.9 Å². The highest BCUT2D eigenvalue weighted by Crippen LogP contribution is 2.30. The zero-order valence-corrected chi connectivity index (χ0v) is 15.7. The number of hydrogen-bond acceptors (Lipinski definition) is 6. The summed E-state index contributed by atoms with van der Waals surface area (Å²) < 4.78 is 26.4. The van der Waals surface area contributed by atoms with Crippen molar-refractivity contribution >= 4 is 27.5 Å². The van der Waals surface area contributed by atoms with E-state index in [1.54, 1.807) is 11.0 Å². The second-order valence-corrected chi connectivity index (χ2v) is 8.04. The Morgan fingerprint density at radius 3 is 2.36 bits per heavy atom. The van der Waals surface area contributed by atoms with Crippen LogP contribution in [0.5, 0.6) is 0 Å². The molecule has 0 aliphatic carbocycles. The van der Waals surface area contributed by atoms with Crippen LogP contribution in [0.1, 0.15) is 11.1 Å². The van der Waals surface area contributed by atoms with Crippen molar-refractivity contribution in [2.75, 3.05) is 31.1 Å². The Hall–Kier alpha value is -3.22. The highest BCUT2D eigenvalue weighted by atomic mass is 32.2. The summed E-state index contributed by atoms with van der Waals surface area (Å²) in [6.45, 7) is 1.01. The third-order valence-electron chi connectivity index (χ3n) is 4.47. The summed E-state index contributed by atoms with van der Waals surface area (Å²) >= 11 is 0. The predicted molar refractivity (Wildman–Crippen MR) is 106 cm³/mol. The van der Waals surface area contributed by atoms with E-state index in [-0.39, 0.29) is 18.8 Å². The normalized spacial score (nSPS) is 15.5. The fourth-order valence-corrected chi connectivity index (χ4v) is 4.17. The Morgan fingerprint density at radius 2 is 1.75 bits per heavy atom. The van der Waals surface area contributed by atoms with Gasteiger partial charge in [0.1, 0.15) is 5.69 Å². The number of nitrogens with zero attached hydrogens (tertiary/aromatic N) is 4. The summed E-state index contributed by atoms with van der Waals surface area (Å²) in [6.07, 6.45) is 1.54. The molecule has 144 valence electrons. The Morgan fingerprint density at radius 1 is 1.07 bits per heavy atom. The van der Waals surface area contributed by atoms with Crippen molar-refractivity contribution in [2.24, 2.45) is 0 Å². The number of benzene rings is 2. The average Bonchev–Trinajstić information content (AvgIpc) is 2.72. The van der Waals surface area contributed by atoms with Crippen molar-refractivity contribution in [3.05, 3.63) is 75.2 Å². The molecule has 0 radical (unpaired) electrons. The van der Waals surface area contributed by atoms with Gasteiger partial charge in [-0.05, 0) is 23.8 Å². The first-order valence-electron chi connectivity index (χ1n) is 8.57. The molecule has 0 aromatic heterocycles. The molecular weight excluding hydrogens is 380 g/mol. The van der Waals surface area contributed by atoms with E-state index in [1.807, 2.05) is 36.4 Å². The lowest BCUT2D eigenvalue weighted by atomic mass is 10.1. The number of anilines is 1. The molecule has 28 heavy (non-hydrogen) atoms. The quantitative estimate of drug-likeness (QED) is 0.566. The Bertz CT molecular complexity index is 1040. The molecule has 1 aliphatic heterocycles. The maximum atomic E-state index is 12.5. The smallest absolute Gasteiger partial charge is 0.292 e. The number of piperazine rings is 1. The van der Waals surface area contributed by atoms with Gasteiger partial charge in [-0.2, -0.15) is 9.57 Å². The number of rotatable bonds is 5. The van der Waals surface area contributed by atoms with Gasteiger partial charge >= 0.3 is 0 Å². The fraction of sp³-hybridized carbons (Fsp3) is 0.211. The van der Waals surface area contributed by atoms with Crippen LogP contribution in [0, 0.1) is 21.4 Å². The van der Waals surface area contributed by atoms with Crippen molar-refractivity contribution in [3.63, 3.8) is 0 Å². The van der Waals surface area contributed by atoms with Crippen LogP contribution in [-0.4, -0.2) is 43.8 Å². The monoisotopic (exact) mass is 398 g/mol. The molecule has 1 aliphatic rings. The van der Waals surface area contributed by atoms with Crippen LogP contribution in [0.4, 0.5) is 11.4 Å². The third kappa shape index (κ3) is 4.36. The van der Waals surface area contributed by atoms with Gasteiger partial charge < -0.3 is 4.90 Å². The fourth-order valence-electron chi connectivity index (χ4n) is 3.00. The van der Waals surface area contributed by atoms with Gasteiger partial charge in [-0.15, -0.1) is 0 Å². The minimum absolute atomic E-state index is 0.0979. The van der Waals surface area contributed by atoms with E-state index in [2.05, 4.69) is 0 Å². The van der Waals surface area contributed by atoms with Gasteiger partial charge in [0.05, 0.1) is 16.6 Å². The number of nitro benzene ring substituents is 1. The molecule has 9 heteroatoms. The van der Waals surface area contributed by atoms with Crippen LogP contribution < -0.4 is 4.90 Å². The van der Waals surface area contributed by atoms with E-state index in [0.29, 0.717) is 24.3 Å². The molecule has 0 saturated carbocycles. The van der Waals surface area contributed by atoms with Crippen LogP contribution in [0.25, 0.3) is 6.08 Å². The molecule has 0 atom stereocenters. The molecular formula is C19H18N4O4S. The lowest BCUT2D eigenvalue weighted by Gasteiger charge is -2.34. The summed E-state index contributed by atoms with van der Waals surface area (Å²) in [4.78, 5) is 12.5. The molecule has 0 bridgehead atoms. The Kier molecular flexibility index (Phi) is 5.73. The lowest BCUT2D eigenvalue weighted by molar-refractivity contribution is -0.384. The Balaban J connectivity index is 1.73. The minimum atomic E-state index is -3.59. The first kappa shape index (κ1) is 19.5. The van der Waals surface area contributed by atoms with Gasteiger partial charge in [0, 0.05) is 37.7 Å². The van der Waals surface area contributed by atoms with Crippen molar-refractivity contribution in [1.82, 2.24) is 4.31 Å². The molecule has 3 rings (SSSR count). The maximum absolute atomic E-state index is 12.5. The van der Waals surface area contributed by atoms with Crippen LogP contribution in [-0.2, 0) is 10.0 Å². The number of hydrogen-bond donors (Lipinski definition) is 0. The molecule has 0 amide bonds. The van der Waals surface area contributed by atoms with E-state index >= 15 is 0 Å². The van der Waals surface area contributed by atoms with Crippen molar-refractivity contribution in [3.8, 4) is 6.07 Å². The molecule has 2 aromatic carbocycles. The maximum Gasteiger partial charge on any atom is 0.292 e. The summed E-state index contributed by atoms with van der Waals surface area (Å²) in [5.74, 6) is 0.